The molecule has 0 bridgehead atoms. The van der Waals surface area contributed by atoms with Gasteiger partial charge in [-0.2, -0.15) is 0 Å². The van der Waals surface area contributed by atoms with Crippen molar-refractivity contribution in [2.45, 2.75) is 65.3 Å². The van der Waals surface area contributed by atoms with Crippen LogP contribution in [0.5, 0.6) is 0 Å². The maximum Gasteiger partial charge on any atom is 0.246 e. The van der Waals surface area contributed by atoms with Gasteiger partial charge in [-0.3, -0.25) is 14.4 Å². The molecule has 1 aliphatic rings. The van der Waals surface area contributed by atoms with Crippen LogP contribution < -0.4 is 10.6 Å². The van der Waals surface area contributed by atoms with E-state index >= 15 is 0 Å². The number of terminal acetylenes is 1. The molecular weight excluding hydrogens is 745 g/mol. The normalized spacial score (nSPS) is 16.1. The summed E-state index contributed by atoms with van der Waals surface area (Å²) in [6, 6.07) is 6.10. The van der Waals surface area contributed by atoms with E-state index in [0.717, 1.165) is 21.7 Å². The molecule has 0 unspecified atom stereocenters. The van der Waals surface area contributed by atoms with Gasteiger partial charge < -0.3 is 53.8 Å². The van der Waals surface area contributed by atoms with Crippen molar-refractivity contribution < 1.29 is 52.6 Å². The fraction of sp³-hybridized carbons (Fsp3) is 0.650. The van der Waals surface area contributed by atoms with Crippen LogP contribution in [-0.4, -0.2) is 150 Å². The van der Waals surface area contributed by atoms with Gasteiger partial charge in [0.25, 0.3) is 0 Å². The Morgan fingerprint density at radius 1 is 0.875 bits per heavy atom. The molecule has 1 saturated heterocycles. The molecule has 0 radical (unpaired) electrons. The van der Waals surface area contributed by atoms with E-state index in [0.29, 0.717) is 79.3 Å². The number of aliphatic hydroxyl groups excluding tert-OH is 1. The summed E-state index contributed by atoms with van der Waals surface area (Å²) in [5.41, 5.74) is 4.08. The molecule has 1 aromatic heterocycles. The third kappa shape index (κ3) is 17.7. The molecule has 56 heavy (non-hydrogen) atoms. The molecule has 3 N–H and O–H groups in total. The largest absolute Gasteiger partial charge is 0.391 e. The van der Waals surface area contributed by atoms with Gasteiger partial charge in [-0.05, 0) is 23.5 Å². The lowest BCUT2D eigenvalue weighted by Gasteiger charge is -2.35. The van der Waals surface area contributed by atoms with Crippen LogP contribution in [0.25, 0.3) is 10.4 Å². The second-order valence-electron chi connectivity index (χ2n) is 14.1. The van der Waals surface area contributed by atoms with E-state index < -0.39 is 29.5 Å². The molecule has 3 amide bonds. The molecule has 15 nitrogen and oxygen atoms in total. The predicted molar refractivity (Wildman–Crippen MR) is 211 cm³/mol. The van der Waals surface area contributed by atoms with Gasteiger partial charge in [-0.25, -0.2) is 4.98 Å². The highest BCUT2D eigenvalue weighted by Gasteiger charge is 2.44. The molecule has 2 heterocycles. The zero-order valence-corrected chi connectivity index (χ0v) is 34.1. The molecule has 3 rings (SSSR count). The second-order valence-corrected chi connectivity index (χ2v) is 15.0. The number of rotatable bonds is 28. The number of aryl methyl sites for hydroxylation is 1. The standard InChI is InChI=1S/C40H60N4O11S/c1-6-12-49-14-16-51-18-20-53-22-24-55-25-23-54-21-19-52-17-15-50-13-11-35(46)43-37(40(3,4)5)39(48)44-28-33(45)26-34(44)38(47)41-27-31-7-9-32(10-8-31)36-30(2)42-29-56-36/h1,7-10,29,33-34,37,45H,11-28H2,2-5H3,(H,41,47)(H,43,46)/t33-,34+,37-/m1/s1. The lowest BCUT2D eigenvalue weighted by atomic mass is 9.85. The first-order chi connectivity index (χ1) is 27.0. The number of benzene rings is 1. The van der Waals surface area contributed by atoms with Crippen molar-refractivity contribution in [3.05, 3.63) is 41.0 Å². The summed E-state index contributed by atoms with van der Waals surface area (Å²) in [7, 11) is 0. The van der Waals surface area contributed by atoms with E-state index in [1.807, 2.05) is 57.5 Å². The number of hydrogen-bond acceptors (Lipinski definition) is 13. The van der Waals surface area contributed by atoms with E-state index in [1.54, 1.807) is 11.3 Å². The van der Waals surface area contributed by atoms with Crippen LogP contribution in [-0.2, 0) is 54.1 Å². The highest BCUT2D eigenvalue weighted by molar-refractivity contribution is 7.13. The van der Waals surface area contributed by atoms with Gasteiger partial charge in [0.05, 0.1) is 108 Å². The Hall–Kier alpha value is -3.50. The fourth-order valence-corrected chi connectivity index (χ4v) is 6.44. The van der Waals surface area contributed by atoms with Crippen LogP contribution in [0, 0.1) is 24.7 Å². The first kappa shape index (κ1) is 46.9. The van der Waals surface area contributed by atoms with Crippen molar-refractivity contribution in [1.29, 1.82) is 0 Å². The Bertz CT molecular complexity index is 1480. The van der Waals surface area contributed by atoms with E-state index in [4.69, 9.17) is 39.6 Å². The van der Waals surface area contributed by atoms with E-state index in [2.05, 4.69) is 21.5 Å². The Morgan fingerprint density at radius 3 is 1.88 bits per heavy atom. The summed E-state index contributed by atoms with van der Waals surface area (Å²) in [5.74, 6) is 1.26. The Kier molecular flexibility index (Phi) is 22.1. The molecular formula is C40H60N4O11S. The van der Waals surface area contributed by atoms with Crippen molar-refractivity contribution >= 4 is 29.1 Å². The number of hydrogen-bond donors (Lipinski definition) is 3. The number of carbonyl (C=O) groups excluding carboxylic acids is 3. The van der Waals surface area contributed by atoms with E-state index in [1.165, 1.54) is 4.90 Å². The van der Waals surface area contributed by atoms with Crippen LogP contribution in [0.4, 0.5) is 0 Å². The van der Waals surface area contributed by atoms with Gasteiger partial charge in [0.15, 0.2) is 0 Å². The van der Waals surface area contributed by atoms with Crippen molar-refractivity contribution in [1.82, 2.24) is 20.5 Å². The van der Waals surface area contributed by atoms with Gasteiger partial charge in [0, 0.05) is 25.9 Å². The number of thiazole rings is 1. The molecule has 312 valence electrons. The molecule has 1 aliphatic heterocycles. The van der Waals surface area contributed by atoms with E-state index in [9.17, 15) is 19.5 Å². The summed E-state index contributed by atoms with van der Waals surface area (Å²) in [5, 5.41) is 16.3. The van der Waals surface area contributed by atoms with Crippen molar-refractivity contribution in [3.8, 4) is 22.8 Å². The molecule has 0 saturated carbocycles. The quantitative estimate of drug-likeness (QED) is 0.0848. The number of nitrogens with one attached hydrogen (secondary N) is 2. The molecule has 1 aromatic carbocycles. The van der Waals surface area contributed by atoms with Gasteiger partial charge >= 0.3 is 0 Å². The predicted octanol–water partition coefficient (Wildman–Crippen LogP) is 2.37. The van der Waals surface area contributed by atoms with Crippen LogP contribution >= 0.6 is 11.3 Å². The molecule has 2 aromatic rings. The molecule has 16 heteroatoms. The van der Waals surface area contributed by atoms with Gasteiger partial charge in [0.1, 0.15) is 18.7 Å². The minimum absolute atomic E-state index is 0.00333. The number of ether oxygens (including phenoxy) is 7. The number of likely N-dealkylation sites (tertiary alicyclic amines) is 1. The fourth-order valence-electron chi connectivity index (χ4n) is 5.63. The third-order valence-electron chi connectivity index (χ3n) is 8.60. The highest BCUT2D eigenvalue weighted by atomic mass is 32.1. The number of aliphatic hydroxyl groups is 1. The lowest BCUT2D eigenvalue weighted by molar-refractivity contribution is -0.144. The van der Waals surface area contributed by atoms with Crippen LogP contribution in [0.15, 0.2) is 29.8 Å². The molecule has 1 fully saturated rings. The summed E-state index contributed by atoms with van der Waals surface area (Å²) < 4.78 is 37.9. The smallest absolute Gasteiger partial charge is 0.246 e. The number of amides is 3. The number of carbonyl (C=O) groups is 3. The SMILES string of the molecule is C#CCOCCOCCOCCOCCOCCOCCOCCC(=O)N[C@H](C(=O)N1C[C@H](O)C[C@H]1C(=O)NCc1ccc(-c2scnc2C)cc1)C(C)(C)C. The zero-order valence-electron chi connectivity index (χ0n) is 33.3. The lowest BCUT2D eigenvalue weighted by Crippen LogP contribution is -2.57. The first-order valence-corrected chi connectivity index (χ1v) is 19.9. The third-order valence-corrected chi connectivity index (χ3v) is 9.58. The summed E-state index contributed by atoms with van der Waals surface area (Å²) in [4.78, 5) is 46.9. The summed E-state index contributed by atoms with van der Waals surface area (Å²) in [6.45, 7) is 13.3. The number of β-amino-alcohol motifs (C(OH)–C–C–N with tert-alkyl or cyclic N) is 1. The Morgan fingerprint density at radius 2 is 1.39 bits per heavy atom. The number of aromatic nitrogens is 1. The van der Waals surface area contributed by atoms with Crippen molar-refractivity contribution in [2.75, 3.05) is 99.0 Å². The molecule has 0 spiro atoms. The van der Waals surface area contributed by atoms with Crippen LogP contribution in [0.1, 0.15) is 44.9 Å². The molecule has 3 atom stereocenters. The van der Waals surface area contributed by atoms with Crippen molar-refractivity contribution in [2.24, 2.45) is 5.41 Å². The Labute approximate surface area is 335 Å². The minimum Gasteiger partial charge on any atom is -0.391 e. The van der Waals surface area contributed by atoms with Crippen LogP contribution in [0.2, 0.25) is 0 Å². The van der Waals surface area contributed by atoms with Gasteiger partial charge in [-0.1, -0.05) is 51.0 Å². The topological polar surface area (TPSA) is 176 Å². The average Bonchev–Trinajstić information content (AvgIpc) is 3.79. The first-order valence-electron chi connectivity index (χ1n) is 19.0. The minimum atomic E-state index is -0.915. The monoisotopic (exact) mass is 804 g/mol. The Balaban J connectivity index is 1.25. The molecule has 0 aliphatic carbocycles. The summed E-state index contributed by atoms with van der Waals surface area (Å²) in [6.07, 6.45) is 4.39. The highest BCUT2D eigenvalue weighted by Crippen LogP contribution is 2.28. The summed E-state index contributed by atoms with van der Waals surface area (Å²) >= 11 is 1.57. The maximum atomic E-state index is 13.8. The number of nitrogens with zero attached hydrogens (tertiary/aromatic N) is 2. The van der Waals surface area contributed by atoms with Gasteiger partial charge in [0.2, 0.25) is 17.7 Å². The van der Waals surface area contributed by atoms with Crippen LogP contribution in [0.3, 0.4) is 0 Å². The van der Waals surface area contributed by atoms with Crippen molar-refractivity contribution in [3.63, 3.8) is 0 Å². The zero-order chi connectivity index (χ0) is 40.6. The average molecular weight is 805 g/mol. The second kappa shape index (κ2) is 26.4. The maximum absolute atomic E-state index is 13.8. The van der Waals surface area contributed by atoms with E-state index in [-0.39, 0.29) is 51.0 Å². The van der Waals surface area contributed by atoms with Gasteiger partial charge in [-0.15, -0.1) is 17.8 Å².